The lowest BCUT2D eigenvalue weighted by Gasteiger charge is -2.64. The molecule has 2 bridgehead atoms. The number of hydrogen-bond acceptors (Lipinski definition) is 4. The summed E-state index contributed by atoms with van der Waals surface area (Å²) in [5.41, 5.74) is -1.19. The molecule has 2 N–H and O–H groups in total. The number of rotatable bonds is 0. The number of fused-ring (bicyclic) bond motifs is 3. The van der Waals surface area contributed by atoms with E-state index >= 15 is 0 Å². The van der Waals surface area contributed by atoms with Gasteiger partial charge in [-0.05, 0) is 47.5 Å². The molecular weight excluding hydrogens is 304 g/mol. The lowest BCUT2D eigenvalue weighted by Crippen LogP contribution is -2.67. The molecule has 4 fully saturated rings. The van der Waals surface area contributed by atoms with Crippen LogP contribution in [0.2, 0.25) is 0 Å². The van der Waals surface area contributed by atoms with E-state index in [1.54, 1.807) is 0 Å². The predicted octanol–water partition coefficient (Wildman–Crippen LogP) is 2.28. The molecule has 4 aliphatic carbocycles. The van der Waals surface area contributed by atoms with Gasteiger partial charge in [0.05, 0.1) is 17.6 Å². The van der Waals surface area contributed by atoms with Crippen LogP contribution in [0.3, 0.4) is 0 Å². The predicted molar refractivity (Wildman–Crippen MR) is 89.0 cm³/mol. The summed E-state index contributed by atoms with van der Waals surface area (Å²) in [6.45, 7) is 10.3. The highest BCUT2D eigenvalue weighted by molar-refractivity contribution is 6.04. The maximum Gasteiger partial charge on any atom is 0.170 e. The smallest absolute Gasteiger partial charge is 0.170 e. The third-order valence-corrected chi connectivity index (χ3v) is 8.12. The van der Waals surface area contributed by atoms with Crippen LogP contribution in [-0.2, 0) is 9.59 Å². The lowest BCUT2D eigenvalue weighted by atomic mass is 9.39. The minimum absolute atomic E-state index is 0.148. The number of carbonyl (C=O) groups excluding carboxylic acids is 2. The van der Waals surface area contributed by atoms with Crippen molar-refractivity contribution in [3.05, 3.63) is 12.2 Å². The highest BCUT2D eigenvalue weighted by atomic mass is 16.3. The first-order valence-electron chi connectivity index (χ1n) is 9.18. The Morgan fingerprint density at radius 3 is 2.38 bits per heavy atom. The zero-order valence-electron chi connectivity index (χ0n) is 14.8. The molecule has 4 nitrogen and oxygen atoms in total. The summed E-state index contributed by atoms with van der Waals surface area (Å²) in [7, 11) is 0. The van der Waals surface area contributed by atoms with Gasteiger partial charge >= 0.3 is 0 Å². The molecule has 0 aromatic heterocycles. The zero-order chi connectivity index (χ0) is 17.7. The van der Waals surface area contributed by atoms with Gasteiger partial charge in [-0.3, -0.25) is 9.59 Å². The molecule has 0 aliphatic heterocycles. The Morgan fingerprint density at radius 2 is 1.71 bits per heavy atom. The minimum Gasteiger partial charge on any atom is -0.392 e. The molecule has 4 saturated carbocycles. The van der Waals surface area contributed by atoms with E-state index in [0.717, 1.165) is 12.8 Å². The van der Waals surface area contributed by atoms with Gasteiger partial charge in [-0.25, -0.2) is 0 Å². The molecule has 1 spiro atoms. The van der Waals surface area contributed by atoms with Gasteiger partial charge in [-0.1, -0.05) is 27.4 Å². The van der Waals surface area contributed by atoms with Crippen LogP contribution >= 0.6 is 0 Å². The van der Waals surface area contributed by atoms with Crippen molar-refractivity contribution >= 4 is 11.6 Å². The molecule has 0 amide bonds. The third-order valence-electron chi connectivity index (χ3n) is 8.12. The van der Waals surface area contributed by atoms with Crippen molar-refractivity contribution in [2.24, 2.45) is 34.0 Å². The average Bonchev–Trinajstić information content (AvgIpc) is 2.58. The first-order chi connectivity index (χ1) is 11.1. The summed E-state index contributed by atoms with van der Waals surface area (Å²) in [6, 6.07) is 0. The molecule has 4 rings (SSSR count). The molecule has 0 heterocycles. The van der Waals surface area contributed by atoms with Gasteiger partial charge in [0, 0.05) is 18.8 Å². The number of carbonyl (C=O) groups is 2. The van der Waals surface area contributed by atoms with Crippen molar-refractivity contribution in [3.63, 3.8) is 0 Å². The first-order valence-corrected chi connectivity index (χ1v) is 9.18. The van der Waals surface area contributed by atoms with Gasteiger partial charge < -0.3 is 10.2 Å². The van der Waals surface area contributed by atoms with Gasteiger partial charge in [-0.2, -0.15) is 0 Å². The van der Waals surface area contributed by atoms with E-state index in [4.69, 9.17) is 0 Å². The Labute approximate surface area is 143 Å². The monoisotopic (exact) mass is 332 g/mol. The second kappa shape index (κ2) is 4.59. The van der Waals surface area contributed by atoms with Gasteiger partial charge in [0.25, 0.3) is 0 Å². The van der Waals surface area contributed by atoms with E-state index in [9.17, 15) is 19.8 Å². The van der Waals surface area contributed by atoms with Gasteiger partial charge in [0.1, 0.15) is 5.78 Å². The third kappa shape index (κ3) is 1.62. The maximum absolute atomic E-state index is 13.1. The van der Waals surface area contributed by atoms with E-state index in [0.29, 0.717) is 24.8 Å². The minimum atomic E-state index is -1.14. The standard InChI is InChI=1S/C20H28O4/c1-10-12-5-6-13-19(4)9-11(21)8-18(2,3)14(19)7-15(22)20(13,16(10)23)17(12)24/h12-15,17,22,24H,1,5-9H2,2-4H3/t12-,13-,14+,15+,17+,19-,20-/m0/s1. The number of aliphatic hydroxyl groups excluding tert-OH is 2. The van der Waals surface area contributed by atoms with Gasteiger partial charge in [0.2, 0.25) is 0 Å². The molecule has 0 aromatic carbocycles. The van der Waals surface area contributed by atoms with Crippen LogP contribution in [-0.4, -0.2) is 34.0 Å². The number of aliphatic hydroxyl groups is 2. The molecule has 132 valence electrons. The maximum atomic E-state index is 13.1. The summed E-state index contributed by atoms with van der Waals surface area (Å²) < 4.78 is 0. The molecular formula is C20H28O4. The molecule has 0 aromatic rings. The van der Waals surface area contributed by atoms with Crippen molar-refractivity contribution < 1.29 is 19.8 Å². The molecule has 0 radical (unpaired) electrons. The van der Waals surface area contributed by atoms with Crippen LogP contribution in [0.1, 0.15) is 52.9 Å². The Balaban J connectivity index is 1.90. The van der Waals surface area contributed by atoms with Crippen molar-refractivity contribution in [1.82, 2.24) is 0 Å². The van der Waals surface area contributed by atoms with Crippen LogP contribution in [0.25, 0.3) is 0 Å². The zero-order valence-corrected chi connectivity index (χ0v) is 14.8. The molecule has 0 saturated heterocycles. The fraction of sp³-hybridized carbons (Fsp3) is 0.800. The van der Waals surface area contributed by atoms with Crippen LogP contribution in [0, 0.1) is 34.0 Å². The number of Topliss-reactive ketones (excluding diaryl/α,β-unsaturated/α-hetero) is 2. The van der Waals surface area contributed by atoms with Crippen molar-refractivity contribution in [3.8, 4) is 0 Å². The SMILES string of the molecule is C=C1C(=O)[C@@]23[C@H](O)C[C@@H]4C(C)(C)CC(=O)C[C@@]4(C)[C@@H]2CC[C@@H]1[C@H]3O. The first kappa shape index (κ1) is 16.5. The average molecular weight is 332 g/mol. The van der Waals surface area contributed by atoms with E-state index in [1.165, 1.54) is 0 Å². The van der Waals surface area contributed by atoms with Crippen LogP contribution in [0.4, 0.5) is 0 Å². The van der Waals surface area contributed by atoms with Crippen molar-refractivity contribution in [2.45, 2.75) is 65.1 Å². The molecule has 0 unspecified atom stereocenters. The Morgan fingerprint density at radius 1 is 1.04 bits per heavy atom. The second-order valence-corrected chi connectivity index (χ2v) is 9.66. The molecule has 7 atom stereocenters. The quantitative estimate of drug-likeness (QED) is 0.667. The second-order valence-electron chi connectivity index (χ2n) is 9.66. The lowest BCUT2D eigenvalue weighted by molar-refractivity contribution is -0.223. The molecule has 24 heavy (non-hydrogen) atoms. The van der Waals surface area contributed by atoms with E-state index in [-0.39, 0.29) is 40.2 Å². The fourth-order valence-electron chi connectivity index (χ4n) is 7.35. The molecule has 4 aliphatic rings. The Kier molecular flexibility index (Phi) is 3.15. The summed E-state index contributed by atoms with van der Waals surface area (Å²) in [5.74, 6) is -0.105. The van der Waals surface area contributed by atoms with Crippen LogP contribution < -0.4 is 0 Å². The summed E-state index contributed by atoms with van der Waals surface area (Å²) in [6.07, 6.45) is 1.27. The van der Waals surface area contributed by atoms with E-state index in [1.807, 2.05) is 0 Å². The van der Waals surface area contributed by atoms with Gasteiger partial charge in [0.15, 0.2) is 5.78 Å². The Bertz CT molecular complexity index is 650. The number of hydrogen-bond donors (Lipinski definition) is 2. The van der Waals surface area contributed by atoms with E-state index in [2.05, 4.69) is 27.4 Å². The van der Waals surface area contributed by atoms with Crippen LogP contribution in [0.15, 0.2) is 12.2 Å². The van der Waals surface area contributed by atoms with Crippen molar-refractivity contribution in [2.75, 3.05) is 0 Å². The largest absolute Gasteiger partial charge is 0.392 e. The van der Waals surface area contributed by atoms with Gasteiger partial charge in [-0.15, -0.1) is 0 Å². The van der Waals surface area contributed by atoms with Crippen molar-refractivity contribution in [1.29, 1.82) is 0 Å². The highest BCUT2D eigenvalue weighted by Gasteiger charge is 2.74. The van der Waals surface area contributed by atoms with E-state index < -0.39 is 17.6 Å². The number of ketones is 2. The summed E-state index contributed by atoms with van der Waals surface area (Å²) in [5, 5.41) is 22.1. The molecule has 4 heteroatoms. The normalized spacial score (nSPS) is 52.9. The van der Waals surface area contributed by atoms with Crippen LogP contribution in [0.5, 0.6) is 0 Å². The summed E-state index contributed by atoms with van der Waals surface area (Å²) >= 11 is 0. The Hall–Kier alpha value is -1.00. The fourth-order valence-corrected chi connectivity index (χ4v) is 7.35. The highest BCUT2D eigenvalue weighted by Crippen LogP contribution is 2.70. The topological polar surface area (TPSA) is 74.6 Å². The summed E-state index contributed by atoms with van der Waals surface area (Å²) in [4.78, 5) is 25.6.